The molecular formula is C12H14O3. The highest BCUT2D eigenvalue weighted by Gasteiger charge is 2.09. The Labute approximate surface area is 89.0 Å². The normalized spacial score (nSPS) is 11.1. The molecule has 3 heteroatoms. The van der Waals surface area contributed by atoms with E-state index < -0.39 is 5.97 Å². The second-order valence-corrected chi connectivity index (χ2v) is 3.08. The molecule has 3 nitrogen and oxygen atoms in total. The molecular weight excluding hydrogens is 192 g/mol. The van der Waals surface area contributed by atoms with Crippen LogP contribution in [0.2, 0.25) is 0 Å². The van der Waals surface area contributed by atoms with Gasteiger partial charge in [0, 0.05) is 0 Å². The molecule has 0 fully saturated rings. The molecule has 0 aliphatic rings. The van der Waals surface area contributed by atoms with Gasteiger partial charge < -0.3 is 9.84 Å². The number of carbonyl (C=O) groups is 1. The van der Waals surface area contributed by atoms with E-state index in [9.17, 15) is 9.90 Å². The number of unbranched alkanes of at least 4 members (excludes halogenated alkanes) is 1. The summed E-state index contributed by atoms with van der Waals surface area (Å²) in [7, 11) is 0. The highest BCUT2D eigenvalue weighted by molar-refractivity contribution is 5.87. The zero-order valence-corrected chi connectivity index (χ0v) is 8.64. The molecule has 0 radical (unpaired) electrons. The first kappa shape index (κ1) is 11.3. The fraction of sp³-hybridized carbons (Fsp3) is 0.250. The highest BCUT2D eigenvalue weighted by atomic mass is 16.5. The Kier molecular flexibility index (Phi) is 4.41. The molecule has 1 aromatic rings. The lowest BCUT2D eigenvalue weighted by molar-refractivity contribution is -0.133. The molecule has 0 amide bonds. The standard InChI is InChI=1S/C12H14O3/c1-2-3-9-11(13)12(14)15-10-7-5-4-6-8-10/h4-9,13H,2-3H2,1H3. The fourth-order valence-electron chi connectivity index (χ4n) is 1.01. The number of aliphatic hydroxyl groups is 1. The lowest BCUT2D eigenvalue weighted by Gasteiger charge is -2.02. The van der Waals surface area contributed by atoms with E-state index in [2.05, 4.69) is 0 Å². The first-order valence-electron chi connectivity index (χ1n) is 4.90. The van der Waals surface area contributed by atoms with Crippen molar-refractivity contribution in [2.75, 3.05) is 0 Å². The summed E-state index contributed by atoms with van der Waals surface area (Å²) >= 11 is 0. The van der Waals surface area contributed by atoms with Crippen molar-refractivity contribution >= 4 is 5.97 Å². The van der Waals surface area contributed by atoms with E-state index in [0.717, 1.165) is 6.42 Å². The minimum Gasteiger partial charge on any atom is -0.502 e. The summed E-state index contributed by atoms with van der Waals surface area (Å²) in [6.07, 6.45) is 3.00. The lowest BCUT2D eigenvalue weighted by Crippen LogP contribution is -2.10. The number of hydrogen-bond acceptors (Lipinski definition) is 3. The van der Waals surface area contributed by atoms with Gasteiger partial charge in [-0.1, -0.05) is 31.5 Å². The van der Waals surface area contributed by atoms with Gasteiger partial charge in [0.15, 0.2) is 5.76 Å². The van der Waals surface area contributed by atoms with Crippen molar-refractivity contribution < 1.29 is 14.6 Å². The van der Waals surface area contributed by atoms with Crippen molar-refractivity contribution in [3.63, 3.8) is 0 Å². The molecule has 0 unspecified atom stereocenters. The molecule has 0 saturated heterocycles. The van der Waals surface area contributed by atoms with Gasteiger partial charge in [-0.2, -0.15) is 0 Å². The molecule has 0 saturated carbocycles. The summed E-state index contributed by atoms with van der Waals surface area (Å²) in [5, 5.41) is 9.30. The Morgan fingerprint density at radius 2 is 2.07 bits per heavy atom. The predicted molar refractivity (Wildman–Crippen MR) is 57.7 cm³/mol. The lowest BCUT2D eigenvalue weighted by atomic mass is 10.3. The van der Waals surface area contributed by atoms with Crippen molar-refractivity contribution in [3.05, 3.63) is 42.2 Å². The number of para-hydroxylation sites is 1. The SMILES string of the molecule is CCCC=C(O)C(=O)Oc1ccccc1. The smallest absolute Gasteiger partial charge is 0.378 e. The second-order valence-electron chi connectivity index (χ2n) is 3.08. The van der Waals surface area contributed by atoms with Crippen molar-refractivity contribution in [2.45, 2.75) is 19.8 Å². The Morgan fingerprint density at radius 1 is 1.40 bits per heavy atom. The Bertz CT molecular complexity index is 341. The summed E-state index contributed by atoms with van der Waals surface area (Å²) in [5.41, 5.74) is 0. The van der Waals surface area contributed by atoms with Crippen LogP contribution in [0.15, 0.2) is 42.2 Å². The maximum absolute atomic E-state index is 11.3. The third kappa shape index (κ3) is 3.85. The average Bonchev–Trinajstić information content (AvgIpc) is 2.27. The molecule has 0 aliphatic heterocycles. The minimum atomic E-state index is -0.713. The molecule has 0 atom stereocenters. The van der Waals surface area contributed by atoms with Gasteiger partial charge in [0.1, 0.15) is 5.75 Å². The third-order valence-electron chi connectivity index (χ3n) is 1.79. The largest absolute Gasteiger partial charge is 0.502 e. The van der Waals surface area contributed by atoms with Gasteiger partial charge in [0.25, 0.3) is 0 Å². The van der Waals surface area contributed by atoms with Crippen LogP contribution in [0.3, 0.4) is 0 Å². The molecule has 0 spiro atoms. The topological polar surface area (TPSA) is 46.5 Å². The maximum Gasteiger partial charge on any atom is 0.378 e. The number of aliphatic hydroxyl groups excluding tert-OH is 1. The van der Waals surface area contributed by atoms with Gasteiger partial charge in [-0.3, -0.25) is 0 Å². The van der Waals surface area contributed by atoms with Crippen LogP contribution in [-0.2, 0) is 4.79 Å². The highest BCUT2D eigenvalue weighted by Crippen LogP contribution is 2.10. The molecule has 1 rings (SSSR count). The number of hydrogen-bond donors (Lipinski definition) is 1. The Balaban J connectivity index is 2.56. The predicted octanol–water partition coefficient (Wildman–Crippen LogP) is 2.83. The summed E-state index contributed by atoms with van der Waals surface area (Å²) in [5.74, 6) is -0.616. The number of ether oxygens (including phenoxy) is 1. The van der Waals surface area contributed by atoms with E-state index in [1.807, 2.05) is 13.0 Å². The van der Waals surface area contributed by atoms with Gasteiger partial charge in [0.05, 0.1) is 0 Å². The summed E-state index contributed by atoms with van der Waals surface area (Å²) in [6.45, 7) is 1.96. The van der Waals surface area contributed by atoms with Crippen molar-refractivity contribution in [1.29, 1.82) is 0 Å². The van der Waals surface area contributed by atoms with Gasteiger partial charge in [-0.15, -0.1) is 0 Å². The quantitative estimate of drug-likeness (QED) is 0.356. The Morgan fingerprint density at radius 3 is 2.67 bits per heavy atom. The summed E-state index contributed by atoms with van der Waals surface area (Å²) in [6, 6.07) is 8.66. The van der Waals surface area contributed by atoms with Gasteiger partial charge in [-0.25, -0.2) is 4.79 Å². The summed E-state index contributed by atoms with van der Waals surface area (Å²) in [4.78, 5) is 11.3. The molecule has 0 aliphatic carbocycles. The maximum atomic E-state index is 11.3. The van der Waals surface area contributed by atoms with Crippen LogP contribution in [0.25, 0.3) is 0 Å². The van der Waals surface area contributed by atoms with Gasteiger partial charge in [-0.05, 0) is 24.6 Å². The van der Waals surface area contributed by atoms with Crippen LogP contribution in [0.4, 0.5) is 0 Å². The molecule has 1 aromatic carbocycles. The number of rotatable bonds is 4. The van der Waals surface area contributed by atoms with E-state index >= 15 is 0 Å². The van der Waals surface area contributed by atoms with E-state index in [1.165, 1.54) is 6.08 Å². The Hall–Kier alpha value is -1.77. The van der Waals surface area contributed by atoms with Crippen LogP contribution in [0, 0.1) is 0 Å². The van der Waals surface area contributed by atoms with Crippen LogP contribution in [0.1, 0.15) is 19.8 Å². The van der Waals surface area contributed by atoms with E-state index in [-0.39, 0.29) is 5.76 Å². The molecule has 0 bridgehead atoms. The van der Waals surface area contributed by atoms with E-state index in [0.29, 0.717) is 12.2 Å². The second kappa shape index (κ2) is 5.86. The van der Waals surface area contributed by atoms with E-state index in [1.54, 1.807) is 24.3 Å². The molecule has 0 heterocycles. The number of esters is 1. The van der Waals surface area contributed by atoms with Gasteiger partial charge >= 0.3 is 5.97 Å². The van der Waals surface area contributed by atoms with Crippen molar-refractivity contribution in [2.24, 2.45) is 0 Å². The van der Waals surface area contributed by atoms with Crippen molar-refractivity contribution in [1.82, 2.24) is 0 Å². The van der Waals surface area contributed by atoms with Crippen LogP contribution < -0.4 is 4.74 Å². The third-order valence-corrected chi connectivity index (χ3v) is 1.79. The zero-order valence-electron chi connectivity index (χ0n) is 8.64. The van der Waals surface area contributed by atoms with Gasteiger partial charge in [0.2, 0.25) is 0 Å². The van der Waals surface area contributed by atoms with Crippen LogP contribution >= 0.6 is 0 Å². The number of benzene rings is 1. The van der Waals surface area contributed by atoms with Crippen molar-refractivity contribution in [3.8, 4) is 5.75 Å². The number of allylic oxidation sites excluding steroid dienone is 1. The minimum absolute atomic E-state index is 0.333. The first-order valence-corrected chi connectivity index (χ1v) is 4.90. The molecule has 0 aromatic heterocycles. The van der Waals surface area contributed by atoms with Crippen LogP contribution in [0.5, 0.6) is 5.75 Å². The van der Waals surface area contributed by atoms with Crippen LogP contribution in [-0.4, -0.2) is 11.1 Å². The fourth-order valence-corrected chi connectivity index (χ4v) is 1.01. The summed E-state index contributed by atoms with van der Waals surface area (Å²) < 4.78 is 4.92. The molecule has 15 heavy (non-hydrogen) atoms. The monoisotopic (exact) mass is 206 g/mol. The molecule has 1 N–H and O–H groups in total. The average molecular weight is 206 g/mol. The zero-order chi connectivity index (χ0) is 11.1. The van der Waals surface area contributed by atoms with E-state index in [4.69, 9.17) is 4.74 Å². The number of carbonyl (C=O) groups excluding carboxylic acids is 1. The first-order chi connectivity index (χ1) is 7.24. The molecule has 80 valence electrons.